The SMILES string of the molecule is Cc1cc(NCCNC(=O)C2CC2)c2cccc([N+](=O)[O-])c2n1. The van der Waals surface area contributed by atoms with E-state index in [1.807, 2.05) is 6.07 Å². The van der Waals surface area contributed by atoms with Gasteiger partial charge < -0.3 is 10.6 Å². The number of rotatable bonds is 6. The predicted molar refractivity (Wildman–Crippen MR) is 87.4 cm³/mol. The molecule has 7 heteroatoms. The van der Waals surface area contributed by atoms with E-state index < -0.39 is 4.92 Å². The summed E-state index contributed by atoms with van der Waals surface area (Å²) < 4.78 is 0. The van der Waals surface area contributed by atoms with Crippen molar-refractivity contribution in [2.24, 2.45) is 5.92 Å². The molecule has 0 unspecified atom stereocenters. The molecule has 1 amide bonds. The van der Waals surface area contributed by atoms with Gasteiger partial charge in [0.1, 0.15) is 0 Å². The van der Waals surface area contributed by atoms with Gasteiger partial charge in [0.05, 0.1) is 4.92 Å². The summed E-state index contributed by atoms with van der Waals surface area (Å²) in [6.45, 7) is 2.88. The number of non-ortho nitro benzene ring substituents is 1. The molecule has 1 aromatic carbocycles. The monoisotopic (exact) mass is 314 g/mol. The summed E-state index contributed by atoms with van der Waals surface area (Å²) in [6, 6.07) is 6.76. The van der Waals surface area contributed by atoms with Gasteiger partial charge in [0, 0.05) is 41.8 Å². The fourth-order valence-corrected chi connectivity index (χ4v) is 2.53. The molecule has 1 fully saturated rings. The number of amides is 1. The predicted octanol–water partition coefficient (Wildman–Crippen LogP) is 2.39. The lowest BCUT2D eigenvalue weighted by molar-refractivity contribution is -0.383. The van der Waals surface area contributed by atoms with Crippen LogP contribution in [-0.2, 0) is 4.79 Å². The maximum absolute atomic E-state index is 11.6. The summed E-state index contributed by atoms with van der Waals surface area (Å²) in [5.41, 5.74) is 1.87. The Hall–Kier alpha value is -2.70. The summed E-state index contributed by atoms with van der Waals surface area (Å²) in [5.74, 6) is 0.305. The molecule has 0 spiro atoms. The molecule has 0 radical (unpaired) electrons. The number of carbonyl (C=O) groups excluding carboxylic acids is 1. The molecule has 3 rings (SSSR count). The third-order valence-corrected chi connectivity index (χ3v) is 3.83. The summed E-state index contributed by atoms with van der Waals surface area (Å²) in [4.78, 5) is 26.6. The van der Waals surface area contributed by atoms with Crippen LogP contribution < -0.4 is 10.6 Å². The minimum atomic E-state index is -0.422. The Morgan fingerprint density at radius 1 is 1.39 bits per heavy atom. The number of nitrogens with zero attached hydrogens (tertiary/aromatic N) is 2. The zero-order chi connectivity index (χ0) is 16.4. The fourth-order valence-electron chi connectivity index (χ4n) is 2.53. The van der Waals surface area contributed by atoms with Crippen molar-refractivity contribution < 1.29 is 9.72 Å². The van der Waals surface area contributed by atoms with E-state index in [0.29, 0.717) is 29.7 Å². The number of carbonyl (C=O) groups is 1. The maximum Gasteiger partial charge on any atom is 0.295 e. The Bertz CT molecular complexity index is 771. The zero-order valence-electron chi connectivity index (χ0n) is 12.8. The number of para-hydroxylation sites is 1. The lowest BCUT2D eigenvalue weighted by atomic mass is 10.1. The van der Waals surface area contributed by atoms with Crippen LogP contribution in [0.2, 0.25) is 0 Å². The van der Waals surface area contributed by atoms with Gasteiger partial charge in [-0.25, -0.2) is 4.98 Å². The number of nitro groups is 1. The second-order valence-corrected chi connectivity index (χ2v) is 5.73. The average molecular weight is 314 g/mol. The van der Waals surface area contributed by atoms with Crippen LogP contribution in [0.5, 0.6) is 0 Å². The highest BCUT2D eigenvalue weighted by Gasteiger charge is 2.28. The highest BCUT2D eigenvalue weighted by atomic mass is 16.6. The number of hydrogen-bond acceptors (Lipinski definition) is 5. The first-order valence-corrected chi connectivity index (χ1v) is 7.62. The topological polar surface area (TPSA) is 97.2 Å². The third-order valence-electron chi connectivity index (χ3n) is 3.83. The van der Waals surface area contributed by atoms with Gasteiger partial charge in [-0.05, 0) is 25.8 Å². The van der Waals surface area contributed by atoms with Gasteiger partial charge in [-0.1, -0.05) is 12.1 Å². The first-order chi connectivity index (χ1) is 11.1. The van der Waals surface area contributed by atoms with Crippen LogP contribution >= 0.6 is 0 Å². The minimum Gasteiger partial charge on any atom is -0.383 e. The molecule has 1 aromatic heterocycles. The Morgan fingerprint density at radius 3 is 2.87 bits per heavy atom. The van der Waals surface area contributed by atoms with Crippen molar-refractivity contribution in [1.82, 2.24) is 10.3 Å². The van der Waals surface area contributed by atoms with Crippen LogP contribution in [0.3, 0.4) is 0 Å². The van der Waals surface area contributed by atoms with E-state index in [-0.39, 0.29) is 17.5 Å². The van der Waals surface area contributed by atoms with Crippen LogP contribution in [-0.4, -0.2) is 28.9 Å². The zero-order valence-corrected chi connectivity index (χ0v) is 12.8. The number of nitrogens with one attached hydrogen (secondary N) is 2. The molecule has 2 aromatic rings. The fraction of sp³-hybridized carbons (Fsp3) is 0.375. The smallest absolute Gasteiger partial charge is 0.295 e. The number of nitro benzene ring substituents is 1. The standard InChI is InChI=1S/C16H18N4O3/c1-10-9-13(17-7-8-18-16(21)11-5-6-11)12-3-2-4-14(20(22)23)15(12)19-10/h2-4,9,11H,5-8H2,1H3,(H,17,19)(H,18,21). The van der Waals surface area contributed by atoms with E-state index in [9.17, 15) is 14.9 Å². The molecule has 23 heavy (non-hydrogen) atoms. The second-order valence-electron chi connectivity index (χ2n) is 5.73. The Kier molecular flexibility index (Phi) is 4.10. The molecule has 2 N–H and O–H groups in total. The van der Waals surface area contributed by atoms with Gasteiger partial charge in [0.15, 0.2) is 5.52 Å². The number of hydrogen-bond donors (Lipinski definition) is 2. The van der Waals surface area contributed by atoms with Crippen molar-refractivity contribution in [2.75, 3.05) is 18.4 Å². The summed E-state index contributed by atoms with van der Waals surface area (Å²) in [5, 5.41) is 18.0. The van der Waals surface area contributed by atoms with Crippen LogP contribution in [0.25, 0.3) is 10.9 Å². The molecule has 7 nitrogen and oxygen atoms in total. The Labute approximate surface area is 133 Å². The molecule has 0 aliphatic heterocycles. The lowest BCUT2D eigenvalue weighted by Gasteiger charge is -2.11. The van der Waals surface area contributed by atoms with Crippen molar-refractivity contribution in [3.63, 3.8) is 0 Å². The molecular formula is C16H18N4O3. The van der Waals surface area contributed by atoms with Gasteiger partial charge in [-0.15, -0.1) is 0 Å². The largest absolute Gasteiger partial charge is 0.383 e. The van der Waals surface area contributed by atoms with Crippen LogP contribution in [0.4, 0.5) is 11.4 Å². The summed E-state index contributed by atoms with van der Waals surface area (Å²) in [7, 11) is 0. The number of anilines is 1. The number of aromatic nitrogens is 1. The van der Waals surface area contributed by atoms with Gasteiger partial charge in [0.25, 0.3) is 5.69 Å². The Morgan fingerprint density at radius 2 is 2.17 bits per heavy atom. The number of aryl methyl sites for hydroxylation is 1. The van der Waals surface area contributed by atoms with E-state index >= 15 is 0 Å². The Balaban J connectivity index is 1.75. The molecular weight excluding hydrogens is 296 g/mol. The van der Waals surface area contributed by atoms with E-state index in [0.717, 1.165) is 18.5 Å². The van der Waals surface area contributed by atoms with E-state index in [1.165, 1.54) is 6.07 Å². The number of pyridine rings is 1. The van der Waals surface area contributed by atoms with Crippen LogP contribution in [0.15, 0.2) is 24.3 Å². The first-order valence-electron chi connectivity index (χ1n) is 7.62. The number of fused-ring (bicyclic) bond motifs is 1. The van der Waals surface area contributed by atoms with E-state index in [2.05, 4.69) is 15.6 Å². The molecule has 0 saturated heterocycles. The molecule has 1 heterocycles. The van der Waals surface area contributed by atoms with E-state index in [4.69, 9.17) is 0 Å². The molecule has 0 bridgehead atoms. The van der Waals surface area contributed by atoms with Crippen LogP contribution in [0, 0.1) is 23.0 Å². The third kappa shape index (κ3) is 3.39. The summed E-state index contributed by atoms with van der Waals surface area (Å²) in [6.07, 6.45) is 1.97. The summed E-state index contributed by atoms with van der Waals surface area (Å²) >= 11 is 0. The van der Waals surface area contributed by atoms with Crippen LogP contribution in [0.1, 0.15) is 18.5 Å². The molecule has 1 aliphatic rings. The second kappa shape index (κ2) is 6.20. The van der Waals surface area contributed by atoms with Crippen molar-refractivity contribution in [1.29, 1.82) is 0 Å². The van der Waals surface area contributed by atoms with Crippen molar-refractivity contribution >= 4 is 28.2 Å². The highest BCUT2D eigenvalue weighted by Crippen LogP contribution is 2.30. The van der Waals surface area contributed by atoms with Crippen molar-refractivity contribution in [3.8, 4) is 0 Å². The average Bonchev–Trinajstić information content (AvgIpc) is 3.35. The maximum atomic E-state index is 11.6. The molecule has 1 saturated carbocycles. The van der Waals surface area contributed by atoms with Crippen molar-refractivity contribution in [2.45, 2.75) is 19.8 Å². The quantitative estimate of drug-likeness (QED) is 0.485. The highest BCUT2D eigenvalue weighted by molar-refractivity contribution is 5.96. The van der Waals surface area contributed by atoms with Crippen molar-refractivity contribution in [3.05, 3.63) is 40.1 Å². The van der Waals surface area contributed by atoms with Gasteiger partial charge in [-0.2, -0.15) is 0 Å². The van der Waals surface area contributed by atoms with Gasteiger partial charge in [-0.3, -0.25) is 14.9 Å². The normalized spacial score (nSPS) is 13.8. The lowest BCUT2D eigenvalue weighted by Crippen LogP contribution is -2.29. The molecule has 1 aliphatic carbocycles. The first kappa shape index (κ1) is 15.2. The minimum absolute atomic E-state index is 0.00344. The molecule has 0 atom stereocenters. The number of benzene rings is 1. The van der Waals surface area contributed by atoms with Gasteiger partial charge >= 0.3 is 0 Å². The van der Waals surface area contributed by atoms with Gasteiger partial charge in [0.2, 0.25) is 5.91 Å². The molecule has 120 valence electrons. The van der Waals surface area contributed by atoms with E-state index in [1.54, 1.807) is 19.1 Å².